The number of carbonyl (C=O) groups is 1. The third-order valence-corrected chi connectivity index (χ3v) is 2.98. The average molecular weight is 275 g/mol. The number of nitrogens with zero attached hydrogens (tertiary/aromatic N) is 3. The maximum Gasteiger partial charge on any atom is 0.256 e. The number of halogens is 1. The highest BCUT2D eigenvalue weighted by Gasteiger charge is 2.15. The number of nitrogens with one attached hydrogen (secondary N) is 1. The summed E-state index contributed by atoms with van der Waals surface area (Å²) in [5.74, 6) is 0.558. The van der Waals surface area contributed by atoms with E-state index >= 15 is 0 Å². The van der Waals surface area contributed by atoms with Gasteiger partial charge in [-0.05, 0) is 25.1 Å². The average Bonchev–Trinajstić information content (AvgIpc) is 2.64. The Balaban J connectivity index is 2.30. The van der Waals surface area contributed by atoms with Crippen LogP contribution >= 0.6 is 11.6 Å². The van der Waals surface area contributed by atoms with Gasteiger partial charge in [-0.15, -0.1) is 0 Å². The topological polar surface area (TPSA) is 70.7 Å². The second-order valence-corrected chi connectivity index (χ2v) is 4.43. The predicted molar refractivity (Wildman–Crippen MR) is 72.1 cm³/mol. The number of aryl methyl sites for hydroxylation is 1. The van der Waals surface area contributed by atoms with E-state index in [0.717, 1.165) is 0 Å². The molecule has 0 aliphatic heterocycles. The van der Waals surface area contributed by atoms with Crippen LogP contribution in [0.25, 0.3) is 0 Å². The first-order valence-corrected chi connectivity index (χ1v) is 5.91. The fourth-order valence-corrected chi connectivity index (χ4v) is 1.83. The van der Waals surface area contributed by atoms with E-state index in [1.54, 1.807) is 42.8 Å². The zero-order valence-electron chi connectivity index (χ0n) is 10.4. The number of benzene rings is 1. The van der Waals surface area contributed by atoms with E-state index in [-0.39, 0.29) is 11.7 Å². The molecule has 1 N–H and O–H groups in total. The van der Waals surface area contributed by atoms with Crippen LogP contribution in [-0.2, 0) is 7.05 Å². The lowest BCUT2D eigenvalue weighted by atomic mass is 10.2. The van der Waals surface area contributed by atoms with Crippen molar-refractivity contribution in [3.63, 3.8) is 0 Å². The fraction of sp³-hybridized carbons (Fsp3) is 0.154. The Morgan fingerprint density at radius 2 is 2.26 bits per heavy atom. The van der Waals surface area contributed by atoms with Gasteiger partial charge in [0, 0.05) is 17.6 Å². The minimum Gasteiger partial charge on any atom is -0.321 e. The van der Waals surface area contributed by atoms with Crippen LogP contribution in [0, 0.1) is 18.3 Å². The van der Waals surface area contributed by atoms with Crippen LogP contribution in [0.4, 0.5) is 5.82 Å². The van der Waals surface area contributed by atoms with Crippen molar-refractivity contribution >= 4 is 23.3 Å². The summed E-state index contributed by atoms with van der Waals surface area (Å²) < 4.78 is 1.62. The number of amides is 1. The summed E-state index contributed by atoms with van der Waals surface area (Å²) in [4.78, 5) is 16.2. The number of aromatic nitrogens is 2. The van der Waals surface area contributed by atoms with Crippen LogP contribution in [0.1, 0.15) is 21.9 Å². The zero-order valence-corrected chi connectivity index (χ0v) is 11.2. The third-order valence-electron chi connectivity index (χ3n) is 2.74. The van der Waals surface area contributed by atoms with Gasteiger partial charge in [0.15, 0.2) is 11.5 Å². The molecule has 0 atom stereocenters. The maximum atomic E-state index is 12.0. The molecule has 96 valence electrons. The van der Waals surface area contributed by atoms with Gasteiger partial charge in [0.25, 0.3) is 5.91 Å². The molecule has 0 aliphatic carbocycles. The molecule has 0 fully saturated rings. The summed E-state index contributed by atoms with van der Waals surface area (Å²) in [6.07, 6.45) is 0. The van der Waals surface area contributed by atoms with E-state index in [4.69, 9.17) is 16.9 Å². The van der Waals surface area contributed by atoms with Crippen molar-refractivity contribution in [1.29, 1.82) is 5.26 Å². The lowest BCUT2D eigenvalue weighted by Crippen LogP contribution is -2.13. The van der Waals surface area contributed by atoms with Gasteiger partial charge in [-0.3, -0.25) is 4.79 Å². The Hall–Kier alpha value is -2.32. The molecule has 0 spiro atoms. The summed E-state index contributed by atoms with van der Waals surface area (Å²) >= 11 is 5.83. The summed E-state index contributed by atoms with van der Waals surface area (Å²) in [5, 5.41) is 12.1. The van der Waals surface area contributed by atoms with Crippen LogP contribution in [0.3, 0.4) is 0 Å². The quantitative estimate of drug-likeness (QED) is 0.915. The van der Waals surface area contributed by atoms with Crippen molar-refractivity contribution in [1.82, 2.24) is 9.55 Å². The van der Waals surface area contributed by atoms with Crippen molar-refractivity contribution in [2.75, 3.05) is 5.32 Å². The Morgan fingerprint density at radius 1 is 1.53 bits per heavy atom. The number of nitriles is 1. The standard InChI is InChI=1S/C13H11ClN4O/c1-8-16-12(11(7-15)18(8)2)17-13(19)9-4-3-5-10(14)6-9/h3-6H,1-2H3,(H,17,19). The number of anilines is 1. The summed E-state index contributed by atoms with van der Waals surface area (Å²) in [7, 11) is 1.72. The first-order chi connectivity index (χ1) is 9.02. The molecule has 1 amide bonds. The first kappa shape index (κ1) is 13.1. The SMILES string of the molecule is Cc1nc(NC(=O)c2cccc(Cl)c2)c(C#N)n1C. The van der Waals surface area contributed by atoms with Gasteiger partial charge in [0.2, 0.25) is 0 Å². The number of carbonyl (C=O) groups excluding carboxylic acids is 1. The third kappa shape index (κ3) is 2.59. The normalized spacial score (nSPS) is 10.0. The van der Waals surface area contributed by atoms with E-state index in [2.05, 4.69) is 10.3 Å². The molecule has 0 saturated heterocycles. The Kier molecular flexibility index (Phi) is 3.54. The molecular weight excluding hydrogens is 264 g/mol. The van der Waals surface area contributed by atoms with E-state index in [1.165, 1.54) is 0 Å². The van der Waals surface area contributed by atoms with Crippen LogP contribution < -0.4 is 5.32 Å². The van der Waals surface area contributed by atoms with Crippen LogP contribution in [-0.4, -0.2) is 15.5 Å². The van der Waals surface area contributed by atoms with E-state index in [1.807, 2.05) is 6.07 Å². The molecule has 1 aromatic heterocycles. The Morgan fingerprint density at radius 3 is 2.89 bits per heavy atom. The van der Waals surface area contributed by atoms with Gasteiger partial charge in [-0.1, -0.05) is 17.7 Å². The summed E-state index contributed by atoms with van der Waals surface area (Å²) in [6, 6.07) is 8.58. The van der Waals surface area contributed by atoms with Gasteiger partial charge < -0.3 is 9.88 Å². The van der Waals surface area contributed by atoms with E-state index in [0.29, 0.717) is 22.1 Å². The zero-order chi connectivity index (χ0) is 14.0. The van der Waals surface area contributed by atoms with Crippen molar-refractivity contribution in [2.45, 2.75) is 6.92 Å². The highest BCUT2D eigenvalue weighted by atomic mass is 35.5. The number of hydrogen-bond donors (Lipinski definition) is 1. The molecule has 6 heteroatoms. The van der Waals surface area contributed by atoms with Gasteiger partial charge in [0.1, 0.15) is 11.9 Å². The molecule has 0 bridgehead atoms. The van der Waals surface area contributed by atoms with Crippen LogP contribution in [0.15, 0.2) is 24.3 Å². The molecule has 0 saturated carbocycles. The molecule has 19 heavy (non-hydrogen) atoms. The lowest BCUT2D eigenvalue weighted by molar-refractivity contribution is 0.102. The predicted octanol–water partition coefficient (Wildman–Crippen LogP) is 2.51. The molecule has 1 aromatic carbocycles. The summed E-state index contributed by atoms with van der Waals surface area (Å²) in [5.41, 5.74) is 0.729. The van der Waals surface area contributed by atoms with Crippen molar-refractivity contribution in [3.05, 3.63) is 46.4 Å². The van der Waals surface area contributed by atoms with Gasteiger partial charge in [-0.25, -0.2) is 4.98 Å². The molecule has 2 rings (SSSR count). The van der Waals surface area contributed by atoms with Crippen molar-refractivity contribution < 1.29 is 4.79 Å². The molecule has 5 nitrogen and oxygen atoms in total. The Labute approximate surface area is 115 Å². The van der Waals surface area contributed by atoms with Crippen LogP contribution in [0.2, 0.25) is 5.02 Å². The van der Waals surface area contributed by atoms with Crippen molar-refractivity contribution in [3.8, 4) is 6.07 Å². The fourth-order valence-electron chi connectivity index (χ4n) is 1.63. The van der Waals surface area contributed by atoms with Gasteiger partial charge in [-0.2, -0.15) is 5.26 Å². The Bertz CT molecular complexity index is 684. The minimum absolute atomic E-state index is 0.257. The van der Waals surface area contributed by atoms with Gasteiger partial charge >= 0.3 is 0 Å². The van der Waals surface area contributed by atoms with Gasteiger partial charge in [0.05, 0.1) is 0 Å². The highest BCUT2D eigenvalue weighted by molar-refractivity contribution is 6.31. The number of rotatable bonds is 2. The monoisotopic (exact) mass is 274 g/mol. The summed E-state index contributed by atoms with van der Waals surface area (Å²) in [6.45, 7) is 1.76. The largest absolute Gasteiger partial charge is 0.321 e. The van der Waals surface area contributed by atoms with Crippen LogP contribution in [0.5, 0.6) is 0 Å². The van der Waals surface area contributed by atoms with Crippen molar-refractivity contribution in [2.24, 2.45) is 7.05 Å². The molecule has 1 heterocycles. The highest BCUT2D eigenvalue weighted by Crippen LogP contribution is 2.17. The molecule has 2 aromatic rings. The first-order valence-electron chi connectivity index (χ1n) is 5.53. The van der Waals surface area contributed by atoms with E-state index < -0.39 is 0 Å². The van der Waals surface area contributed by atoms with E-state index in [9.17, 15) is 4.79 Å². The molecule has 0 aliphatic rings. The smallest absolute Gasteiger partial charge is 0.256 e. The number of imidazole rings is 1. The minimum atomic E-state index is -0.350. The molecular formula is C13H11ClN4O. The maximum absolute atomic E-state index is 12.0. The molecule has 0 unspecified atom stereocenters. The second kappa shape index (κ2) is 5.12. The molecule has 0 radical (unpaired) electrons. The number of hydrogen-bond acceptors (Lipinski definition) is 3. The lowest BCUT2D eigenvalue weighted by Gasteiger charge is -2.03. The second-order valence-electron chi connectivity index (χ2n) is 3.99.